The molecule has 0 unspecified atom stereocenters. The summed E-state index contributed by atoms with van der Waals surface area (Å²) in [4.78, 5) is 63.5. The van der Waals surface area contributed by atoms with Gasteiger partial charge in [0.05, 0.1) is 60.3 Å². The van der Waals surface area contributed by atoms with E-state index >= 15 is 0 Å². The fourth-order valence-corrected chi connectivity index (χ4v) is 6.09. The van der Waals surface area contributed by atoms with Gasteiger partial charge in [-0.1, -0.05) is 74.3 Å². The Bertz CT molecular complexity index is 1930. The van der Waals surface area contributed by atoms with E-state index in [0.717, 1.165) is 20.1 Å². The molecule has 0 spiro atoms. The van der Waals surface area contributed by atoms with E-state index < -0.39 is 50.1 Å². The first kappa shape index (κ1) is 37.9. The molecule has 0 saturated carbocycles. The number of rotatable bonds is 16. The summed E-state index contributed by atoms with van der Waals surface area (Å²) >= 11 is 6.87. The van der Waals surface area contributed by atoms with Crippen LogP contribution < -0.4 is 0 Å². The van der Waals surface area contributed by atoms with Gasteiger partial charge < -0.3 is 20.4 Å². The van der Waals surface area contributed by atoms with Crippen LogP contribution in [0.4, 0.5) is 0 Å². The average molecular weight is 833 g/mol. The topological polar surface area (TPSA) is 194 Å². The van der Waals surface area contributed by atoms with Crippen molar-refractivity contribution in [2.75, 3.05) is 26.2 Å². The van der Waals surface area contributed by atoms with Crippen molar-refractivity contribution in [1.29, 1.82) is 0 Å². The Hall–Kier alpha value is -5.35. The van der Waals surface area contributed by atoms with Crippen LogP contribution in [-0.2, 0) is 32.3 Å². The molecule has 0 saturated heterocycles. The molecule has 266 valence electrons. The molecule has 4 N–H and O–H groups in total. The van der Waals surface area contributed by atoms with Crippen molar-refractivity contribution in [3.05, 3.63) is 111 Å². The summed E-state index contributed by atoms with van der Waals surface area (Å²) in [6.07, 6.45) is 0. The Labute approximate surface area is 314 Å². The fourth-order valence-electron chi connectivity index (χ4n) is 5.56. The number of aliphatic carboxylic acids is 4. The summed E-state index contributed by atoms with van der Waals surface area (Å²) in [5, 5.41) is 37.9. The number of aromatic nitrogens is 3. The van der Waals surface area contributed by atoms with Gasteiger partial charge in [-0.15, -0.1) is 0 Å². The molecule has 0 fully saturated rings. The number of benzene rings is 2. The van der Waals surface area contributed by atoms with Crippen LogP contribution in [0.5, 0.6) is 0 Å². The Morgan fingerprint density at radius 3 is 1.12 bits per heavy atom. The minimum absolute atomic E-state index is 0.0663. The van der Waals surface area contributed by atoms with Gasteiger partial charge in [-0.2, -0.15) is 0 Å². The van der Waals surface area contributed by atoms with Crippen LogP contribution in [0.2, 0.25) is 0 Å². The van der Waals surface area contributed by atoms with Crippen molar-refractivity contribution < 1.29 is 39.6 Å². The maximum atomic E-state index is 11.6. The molecule has 5 rings (SSSR count). The van der Waals surface area contributed by atoms with Crippen molar-refractivity contribution in [2.24, 2.45) is 0 Å². The van der Waals surface area contributed by atoms with Gasteiger partial charge in [0.1, 0.15) is 0 Å². The van der Waals surface area contributed by atoms with Gasteiger partial charge in [0.15, 0.2) is 0 Å². The van der Waals surface area contributed by atoms with Gasteiger partial charge in [0, 0.05) is 33.2 Å². The zero-order valence-electron chi connectivity index (χ0n) is 27.3. The Morgan fingerprint density at radius 1 is 0.462 bits per heavy atom. The van der Waals surface area contributed by atoms with E-state index in [4.69, 9.17) is 15.0 Å². The number of hydrogen-bond donors (Lipinski definition) is 4. The minimum atomic E-state index is -1.18. The van der Waals surface area contributed by atoms with Crippen LogP contribution in [0, 0.1) is 0 Å². The number of halogens is 2. The second kappa shape index (κ2) is 17.2. The molecule has 0 atom stereocenters. The largest absolute Gasteiger partial charge is 0.480 e. The Kier molecular flexibility index (Phi) is 12.6. The molecule has 2 aromatic carbocycles. The lowest BCUT2D eigenvalue weighted by molar-refractivity contribution is -0.144. The molecule has 52 heavy (non-hydrogen) atoms. The van der Waals surface area contributed by atoms with Gasteiger partial charge in [-0.05, 0) is 59.7 Å². The van der Waals surface area contributed by atoms with Crippen LogP contribution in [-0.4, -0.2) is 95.2 Å². The van der Waals surface area contributed by atoms with Crippen molar-refractivity contribution in [3.63, 3.8) is 0 Å². The summed E-state index contributed by atoms with van der Waals surface area (Å²) in [6.45, 7) is -2.16. The zero-order valence-corrected chi connectivity index (χ0v) is 30.5. The standard InChI is InChI=1S/C37H31Br2N5O8/c38-24-8-4-22(5-9-24)26-12-14-30(41-32(26)16-43(18-34(45)46)19-35(47)48)28-2-1-3-29(40-28)31-15-13-27(23-6-10-25(39)11-7-23)33(42-31)17-44(20-36(49)50)21-37(51)52/h1-15H,16-21H2,(H,45,46)(H,47,48)(H,49,50)(H,51,52). The lowest BCUT2D eigenvalue weighted by Crippen LogP contribution is -2.34. The quantitative estimate of drug-likeness (QED) is 0.0905. The number of nitrogens with zero attached hydrogens (tertiary/aromatic N) is 5. The second-order valence-corrected chi connectivity index (χ2v) is 13.5. The monoisotopic (exact) mass is 831 g/mol. The highest BCUT2D eigenvalue weighted by atomic mass is 79.9. The first-order chi connectivity index (χ1) is 24.8. The molecule has 0 bridgehead atoms. The number of carboxylic acid groups (broad SMARTS) is 4. The van der Waals surface area contributed by atoms with Crippen LogP contribution in [0.3, 0.4) is 0 Å². The van der Waals surface area contributed by atoms with E-state index in [1.165, 1.54) is 9.80 Å². The lowest BCUT2D eigenvalue weighted by atomic mass is 10.0. The number of carbonyl (C=O) groups is 4. The van der Waals surface area contributed by atoms with Gasteiger partial charge in [-0.25, -0.2) is 15.0 Å². The summed E-state index contributed by atoms with van der Waals surface area (Å²) in [7, 11) is 0. The third kappa shape index (κ3) is 10.4. The van der Waals surface area contributed by atoms with Crippen molar-refractivity contribution in [3.8, 4) is 45.0 Å². The van der Waals surface area contributed by atoms with E-state index in [1.54, 1.807) is 30.3 Å². The summed E-state index contributed by atoms with van der Waals surface area (Å²) in [5.41, 5.74) is 5.69. The van der Waals surface area contributed by atoms with Crippen molar-refractivity contribution >= 4 is 55.7 Å². The zero-order chi connectivity index (χ0) is 37.4. The fraction of sp³-hybridized carbons (Fsp3) is 0.162. The number of pyridine rings is 3. The van der Waals surface area contributed by atoms with Gasteiger partial charge in [0.25, 0.3) is 0 Å². The van der Waals surface area contributed by atoms with Crippen molar-refractivity contribution in [1.82, 2.24) is 24.8 Å². The molecule has 0 radical (unpaired) electrons. The Balaban J connectivity index is 1.57. The van der Waals surface area contributed by atoms with Crippen LogP contribution in [0.25, 0.3) is 45.0 Å². The van der Waals surface area contributed by atoms with E-state index in [9.17, 15) is 39.6 Å². The molecule has 3 heterocycles. The number of carboxylic acids is 4. The first-order valence-corrected chi connectivity index (χ1v) is 17.2. The van der Waals surface area contributed by atoms with E-state index in [-0.39, 0.29) is 13.1 Å². The molecule has 0 amide bonds. The van der Waals surface area contributed by atoms with Crippen molar-refractivity contribution in [2.45, 2.75) is 13.1 Å². The summed E-state index contributed by atoms with van der Waals surface area (Å²) < 4.78 is 1.72. The van der Waals surface area contributed by atoms with Gasteiger partial charge in [0.2, 0.25) is 0 Å². The molecule has 15 heteroatoms. The maximum absolute atomic E-state index is 11.6. The predicted molar refractivity (Wildman–Crippen MR) is 198 cm³/mol. The normalized spacial score (nSPS) is 11.2. The minimum Gasteiger partial charge on any atom is -0.480 e. The third-order valence-electron chi connectivity index (χ3n) is 7.71. The van der Waals surface area contributed by atoms with Crippen LogP contribution in [0.15, 0.2) is 99.9 Å². The van der Waals surface area contributed by atoms with E-state index in [1.807, 2.05) is 60.7 Å². The molecule has 0 aliphatic carbocycles. The molecule has 13 nitrogen and oxygen atoms in total. The lowest BCUT2D eigenvalue weighted by Gasteiger charge is -2.20. The molecule has 3 aromatic heterocycles. The molecule has 0 aliphatic rings. The highest BCUT2D eigenvalue weighted by Gasteiger charge is 2.21. The van der Waals surface area contributed by atoms with E-state index in [2.05, 4.69) is 31.9 Å². The highest BCUT2D eigenvalue weighted by Crippen LogP contribution is 2.31. The first-order valence-electron chi connectivity index (χ1n) is 15.7. The summed E-state index contributed by atoms with van der Waals surface area (Å²) in [5.74, 6) is -4.71. The van der Waals surface area contributed by atoms with E-state index in [0.29, 0.717) is 45.3 Å². The van der Waals surface area contributed by atoms with Gasteiger partial charge >= 0.3 is 23.9 Å². The molecular weight excluding hydrogens is 802 g/mol. The van der Waals surface area contributed by atoms with Gasteiger partial charge in [-0.3, -0.25) is 29.0 Å². The maximum Gasteiger partial charge on any atom is 0.317 e. The van der Waals surface area contributed by atoms with Crippen LogP contribution >= 0.6 is 31.9 Å². The average Bonchev–Trinajstić information content (AvgIpc) is 3.08. The predicted octanol–water partition coefficient (Wildman–Crippen LogP) is 6.01. The Morgan fingerprint density at radius 2 is 0.788 bits per heavy atom. The molecule has 0 aliphatic heterocycles. The third-order valence-corrected chi connectivity index (χ3v) is 8.77. The smallest absolute Gasteiger partial charge is 0.317 e. The molecular formula is C37H31Br2N5O8. The molecule has 5 aromatic rings. The summed E-state index contributed by atoms with van der Waals surface area (Å²) in [6, 6.07) is 27.4. The number of hydrogen-bond acceptors (Lipinski definition) is 9. The van der Waals surface area contributed by atoms with Crippen LogP contribution in [0.1, 0.15) is 11.4 Å². The highest BCUT2D eigenvalue weighted by molar-refractivity contribution is 9.10. The SMILES string of the molecule is O=C(O)CN(CC(=O)O)Cc1nc(-c2cccc(-c3ccc(-c4ccc(Br)cc4)c(CN(CC(=O)O)CC(=O)O)n3)n2)ccc1-c1ccc(Br)cc1. The second-order valence-electron chi connectivity index (χ2n) is 11.7.